The Morgan fingerprint density at radius 2 is 2.09 bits per heavy atom. The summed E-state index contributed by atoms with van der Waals surface area (Å²) in [5.74, 6) is 0.447. The predicted molar refractivity (Wildman–Crippen MR) is 141 cm³/mol. The Labute approximate surface area is 213 Å². The van der Waals surface area contributed by atoms with Crippen molar-refractivity contribution in [2.24, 2.45) is 0 Å². The number of aromatic nitrogens is 6. The van der Waals surface area contributed by atoms with Crippen LogP contribution < -0.4 is 5.73 Å². The Morgan fingerprint density at radius 3 is 2.94 bits per heavy atom. The molecule has 0 saturated carbocycles. The van der Waals surface area contributed by atoms with Crippen LogP contribution in [0.3, 0.4) is 0 Å². The number of anilines is 1. The van der Waals surface area contributed by atoms with Gasteiger partial charge in [-0.3, -0.25) is 4.90 Å². The van der Waals surface area contributed by atoms with E-state index in [1.165, 1.54) is 6.33 Å². The fourth-order valence-electron chi connectivity index (χ4n) is 4.53. The van der Waals surface area contributed by atoms with E-state index in [0.717, 1.165) is 75.1 Å². The van der Waals surface area contributed by atoms with Gasteiger partial charge in [0.2, 0.25) is 0 Å². The van der Waals surface area contributed by atoms with Crippen molar-refractivity contribution in [2.75, 3.05) is 32.0 Å². The van der Waals surface area contributed by atoms with Crippen LogP contribution in [-0.2, 0) is 11.3 Å². The molecule has 0 aromatic carbocycles. The summed E-state index contributed by atoms with van der Waals surface area (Å²) in [6.45, 7) is 6.45. The van der Waals surface area contributed by atoms with Crippen molar-refractivity contribution in [1.82, 2.24) is 34.0 Å². The molecule has 34 heavy (non-hydrogen) atoms. The zero-order chi connectivity index (χ0) is 23.2. The first kappa shape index (κ1) is 21.9. The highest BCUT2D eigenvalue weighted by atomic mass is 127. The molecule has 0 bridgehead atoms. The number of nitrogens with zero attached hydrogens (tertiary/aromatic N) is 7. The maximum atomic E-state index is 6.14. The summed E-state index contributed by atoms with van der Waals surface area (Å²) in [5, 5.41) is 8.85. The van der Waals surface area contributed by atoms with Crippen molar-refractivity contribution in [2.45, 2.75) is 19.5 Å². The average molecular weight is 586 g/mol. The molecule has 174 valence electrons. The standard InChI is InChI=1S/C23H23IN8OS/c1-14(32-23-19(21(24)29-32)22(25)26-13-27-23)16-10-15-4-2-3-5-31(15)20(16)17-12-34-18(28-17)11-30-6-8-33-9-7-30/h2-5,10,12-14H,6-9,11H2,1H3,(H2,25,26,27). The van der Waals surface area contributed by atoms with Crippen LogP contribution in [0.1, 0.15) is 23.5 Å². The van der Waals surface area contributed by atoms with Crippen molar-refractivity contribution in [1.29, 1.82) is 0 Å². The second-order valence-corrected chi connectivity index (χ2v) is 10.3. The van der Waals surface area contributed by atoms with Gasteiger partial charge in [-0.05, 0) is 47.7 Å². The van der Waals surface area contributed by atoms with Gasteiger partial charge in [0.05, 0.1) is 42.6 Å². The second kappa shape index (κ2) is 8.87. The Morgan fingerprint density at radius 1 is 1.24 bits per heavy atom. The summed E-state index contributed by atoms with van der Waals surface area (Å²) in [6, 6.07) is 8.35. The first-order valence-corrected chi connectivity index (χ1v) is 13.0. The Balaban J connectivity index is 1.44. The molecule has 11 heteroatoms. The number of morpholine rings is 1. The molecule has 6 rings (SSSR count). The van der Waals surface area contributed by atoms with Gasteiger partial charge in [-0.1, -0.05) is 6.07 Å². The molecule has 1 fully saturated rings. The number of ether oxygens (including phenoxy) is 1. The van der Waals surface area contributed by atoms with Crippen LogP contribution in [0.25, 0.3) is 27.9 Å². The third kappa shape index (κ3) is 3.76. The molecule has 1 atom stereocenters. The lowest BCUT2D eigenvalue weighted by atomic mass is 10.1. The molecule has 0 spiro atoms. The van der Waals surface area contributed by atoms with Crippen molar-refractivity contribution in [3.63, 3.8) is 0 Å². The fourth-order valence-corrected chi connectivity index (χ4v) is 6.10. The minimum Gasteiger partial charge on any atom is -0.383 e. The van der Waals surface area contributed by atoms with E-state index in [9.17, 15) is 0 Å². The smallest absolute Gasteiger partial charge is 0.165 e. The Kier molecular flexibility index (Phi) is 5.71. The molecule has 5 aromatic rings. The number of nitrogen functional groups attached to an aromatic ring is 1. The number of fused-ring (bicyclic) bond motifs is 2. The molecule has 6 heterocycles. The van der Waals surface area contributed by atoms with E-state index in [1.807, 2.05) is 10.7 Å². The van der Waals surface area contributed by atoms with E-state index in [4.69, 9.17) is 20.6 Å². The van der Waals surface area contributed by atoms with E-state index in [0.29, 0.717) is 5.82 Å². The van der Waals surface area contributed by atoms with Crippen molar-refractivity contribution in [3.8, 4) is 11.4 Å². The summed E-state index contributed by atoms with van der Waals surface area (Å²) in [5.41, 5.74) is 11.2. The fraction of sp³-hybridized carbons (Fsp3) is 0.304. The Hall–Kier alpha value is -2.61. The van der Waals surface area contributed by atoms with Crippen LogP contribution in [-0.4, -0.2) is 60.3 Å². The highest BCUT2D eigenvalue weighted by Crippen LogP contribution is 2.36. The lowest BCUT2D eigenvalue weighted by molar-refractivity contribution is 0.0342. The zero-order valence-electron chi connectivity index (χ0n) is 18.6. The minimum atomic E-state index is -0.0837. The molecular formula is C23H23IN8OS. The maximum absolute atomic E-state index is 6.14. The van der Waals surface area contributed by atoms with Crippen molar-refractivity contribution >= 4 is 56.3 Å². The number of rotatable bonds is 5. The molecule has 2 N–H and O–H groups in total. The average Bonchev–Trinajstić information content (AvgIpc) is 3.55. The summed E-state index contributed by atoms with van der Waals surface area (Å²) in [6.07, 6.45) is 3.58. The molecule has 0 radical (unpaired) electrons. The summed E-state index contributed by atoms with van der Waals surface area (Å²) < 4.78 is 10.4. The molecule has 0 amide bonds. The lowest BCUT2D eigenvalue weighted by Crippen LogP contribution is -2.35. The van der Waals surface area contributed by atoms with Crippen molar-refractivity contribution < 1.29 is 4.74 Å². The number of hydrogen-bond donors (Lipinski definition) is 1. The highest BCUT2D eigenvalue weighted by molar-refractivity contribution is 14.1. The molecular weight excluding hydrogens is 563 g/mol. The van der Waals surface area contributed by atoms with Crippen LogP contribution in [0, 0.1) is 3.70 Å². The predicted octanol–water partition coefficient (Wildman–Crippen LogP) is 3.83. The molecule has 1 aliphatic rings. The normalized spacial score (nSPS) is 15.9. The molecule has 5 aromatic heterocycles. The van der Waals surface area contributed by atoms with Gasteiger partial charge in [0, 0.05) is 35.7 Å². The zero-order valence-corrected chi connectivity index (χ0v) is 21.5. The number of nitrogens with two attached hydrogens (primary N) is 1. The van der Waals surface area contributed by atoms with Gasteiger partial charge in [0.1, 0.15) is 20.9 Å². The van der Waals surface area contributed by atoms with Gasteiger partial charge in [-0.15, -0.1) is 11.3 Å². The highest BCUT2D eigenvalue weighted by Gasteiger charge is 2.25. The summed E-state index contributed by atoms with van der Waals surface area (Å²) in [4.78, 5) is 16.1. The molecule has 1 unspecified atom stereocenters. The van der Waals surface area contributed by atoms with Crippen LogP contribution in [0.2, 0.25) is 0 Å². The van der Waals surface area contributed by atoms with Gasteiger partial charge >= 0.3 is 0 Å². The topological polar surface area (TPSA) is 99.4 Å². The van der Waals surface area contributed by atoms with Crippen molar-refractivity contribution in [3.05, 3.63) is 56.4 Å². The van der Waals surface area contributed by atoms with Crippen LogP contribution in [0.5, 0.6) is 0 Å². The minimum absolute atomic E-state index is 0.0837. The van der Waals surface area contributed by atoms with Crippen LogP contribution in [0.4, 0.5) is 5.82 Å². The monoisotopic (exact) mass is 586 g/mol. The summed E-state index contributed by atoms with van der Waals surface area (Å²) >= 11 is 3.91. The SMILES string of the molecule is CC(c1cc2ccccn2c1-c1csc(CN2CCOCC2)n1)n1nc(I)c2c(N)ncnc21. The third-order valence-corrected chi connectivity index (χ3v) is 7.85. The van der Waals surface area contributed by atoms with Gasteiger partial charge in [-0.2, -0.15) is 5.10 Å². The van der Waals surface area contributed by atoms with Gasteiger partial charge in [0.15, 0.2) is 5.65 Å². The van der Waals surface area contributed by atoms with E-state index in [1.54, 1.807) is 11.3 Å². The lowest BCUT2D eigenvalue weighted by Gasteiger charge is -2.25. The van der Waals surface area contributed by atoms with E-state index in [-0.39, 0.29) is 6.04 Å². The maximum Gasteiger partial charge on any atom is 0.165 e. The molecule has 9 nitrogen and oxygen atoms in total. The second-order valence-electron chi connectivity index (χ2n) is 8.33. The van der Waals surface area contributed by atoms with E-state index >= 15 is 0 Å². The molecule has 0 aliphatic carbocycles. The van der Waals surface area contributed by atoms with Gasteiger partial charge in [-0.25, -0.2) is 19.6 Å². The number of hydrogen-bond acceptors (Lipinski definition) is 8. The van der Waals surface area contributed by atoms with Crippen LogP contribution >= 0.6 is 33.9 Å². The first-order chi connectivity index (χ1) is 16.6. The Bertz CT molecular complexity index is 1490. The number of pyridine rings is 1. The van der Waals surface area contributed by atoms with Gasteiger partial charge < -0.3 is 14.9 Å². The number of thiazole rings is 1. The molecule has 1 saturated heterocycles. The molecule has 1 aliphatic heterocycles. The van der Waals surface area contributed by atoms with E-state index < -0.39 is 0 Å². The quantitative estimate of drug-likeness (QED) is 0.313. The third-order valence-electron chi connectivity index (χ3n) is 6.26. The first-order valence-electron chi connectivity index (χ1n) is 11.1. The van der Waals surface area contributed by atoms with E-state index in [2.05, 4.69) is 78.6 Å². The summed E-state index contributed by atoms with van der Waals surface area (Å²) in [7, 11) is 0. The van der Waals surface area contributed by atoms with Crippen LogP contribution in [0.15, 0.2) is 42.2 Å². The van der Waals surface area contributed by atoms with Gasteiger partial charge in [0.25, 0.3) is 0 Å². The largest absolute Gasteiger partial charge is 0.383 e. The number of halogens is 1.